The fraction of sp³-hybridized carbons (Fsp3) is 0. The molecule has 104 valence electrons. The van der Waals surface area contributed by atoms with Crippen LogP contribution >= 0.6 is 0 Å². The van der Waals surface area contributed by atoms with Crippen LogP contribution in [0.5, 0.6) is 0 Å². The molecule has 0 spiro atoms. The lowest BCUT2D eigenvalue weighted by Crippen LogP contribution is -2.06. The highest BCUT2D eigenvalue weighted by atomic mass is 19.2. The summed E-state index contributed by atoms with van der Waals surface area (Å²) in [6.45, 7) is 0. The molecule has 2 aromatic rings. The standard InChI is InChI=1S/C10H6F3N5O2/c11-4-1-5(12)7(13)6(2-4)17-10-8(18(19)20)9(14)15-3-16-10/h1-3H,(H3,14,15,16,17). The van der Waals surface area contributed by atoms with Gasteiger partial charge in [-0.2, -0.15) is 0 Å². The summed E-state index contributed by atoms with van der Waals surface area (Å²) in [5, 5.41) is 12.9. The number of nitrogens with zero attached hydrogens (tertiary/aromatic N) is 3. The number of nitrogens with one attached hydrogen (secondary N) is 1. The Bertz CT molecular complexity index is 695. The Hall–Kier alpha value is -2.91. The fourth-order valence-electron chi connectivity index (χ4n) is 1.44. The highest BCUT2D eigenvalue weighted by Gasteiger charge is 2.22. The molecule has 1 aromatic carbocycles. The number of nitrogen functional groups attached to an aromatic ring is 1. The zero-order valence-electron chi connectivity index (χ0n) is 9.60. The molecule has 1 aromatic heterocycles. The monoisotopic (exact) mass is 285 g/mol. The van der Waals surface area contributed by atoms with Crippen molar-refractivity contribution in [3.8, 4) is 0 Å². The number of aromatic nitrogens is 2. The molecule has 0 aliphatic carbocycles. The molecule has 0 fully saturated rings. The Morgan fingerprint density at radius 1 is 1.25 bits per heavy atom. The minimum absolute atomic E-state index is 0.337. The van der Waals surface area contributed by atoms with E-state index in [4.69, 9.17) is 5.73 Å². The molecule has 7 nitrogen and oxygen atoms in total. The number of rotatable bonds is 3. The van der Waals surface area contributed by atoms with Crippen LogP contribution in [0.15, 0.2) is 18.5 Å². The molecule has 0 atom stereocenters. The van der Waals surface area contributed by atoms with Crippen molar-refractivity contribution in [2.75, 3.05) is 11.1 Å². The Morgan fingerprint density at radius 3 is 2.60 bits per heavy atom. The van der Waals surface area contributed by atoms with Gasteiger partial charge >= 0.3 is 5.69 Å². The van der Waals surface area contributed by atoms with E-state index in [1.807, 2.05) is 0 Å². The largest absolute Gasteiger partial charge is 0.378 e. The normalized spacial score (nSPS) is 10.3. The number of anilines is 3. The van der Waals surface area contributed by atoms with Crippen molar-refractivity contribution in [3.63, 3.8) is 0 Å². The molecule has 3 N–H and O–H groups in total. The number of halogens is 3. The van der Waals surface area contributed by atoms with E-state index in [1.165, 1.54) is 0 Å². The van der Waals surface area contributed by atoms with E-state index in [2.05, 4.69) is 15.3 Å². The third-order valence-electron chi connectivity index (χ3n) is 2.28. The van der Waals surface area contributed by atoms with E-state index in [0.29, 0.717) is 12.1 Å². The van der Waals surface area contributed by atoms with Crippen molar-refractivity contribution in [2.24, 2.45) is 0 Å². The summed E-state index contributed by atoms with van der Waals surface area (Å²) >= 11 is 0. The average molecular weight is 285 g/mol. The lowest BCUT2D eigenvalue weighted by Gasteiger charge is -2.08. The second-order valence-corrected chi connectivity index (χ2v) is 3.59. The highest BCUT2D eigenvalue weighted by molar-refractivity contribution is 5.72. The summed E-state index contributed by atoms with van der Waals surface area (Å²) in [6.07, 6.45) is 0.887. The summed E-state index contributed by atoms with van der Waals surface area (Å²) in [5.41, 5.74) is 3.92. The van der Waals surface area contributed by atoms with Gasteiger partial charge in [-0.05, 0) is 0 Å². The van der Waals surface area contributed by atoms with Crippen molar-refractivity contribution >= 4 is 23.0 Å². The molecular weight excluding hydrogens is 279 g/mol. The van der Waals surface area contributed by atoms with Crippen LogP contribution in [0.2, 0.25) is 0 Å². The first-order valence-corrected chi connectivity index (χ1v) is 5.06. The van der Waals surface area contributed by atoms with Crippen molar-refractivity contribution in [1.82, 2.24) is 9.97 Å². The van der Waals surface area contributed by atoms with Gasteiger partial charge in [-0.15, -0.1) is 0 Å². The van der Waals surface area contributed by atoms with Gasteiger partial charge in [0.05, 0.1) is 10.6 Å². The fourth-order valence-corrected chi connectivity index (χ4v) is 1.44. The summed E-state index contributed by atoms with van der Waals surface area (Å²) < 4.78 is 39.5. The first-order chi connectivity index (χ1) is 9.40. The number of hydrogen-bond acceptors (Lipinski definition) is 6. The SMILES string of the molecule is Nc1ncnc(Nc2cc(F)cc(F)c2F)c1[N+](=O)[O-]. The summed E-state index contributed by atoms with van der Waals surface area (Å²) in [4.78, 5) is 16.8. The number of nitrogens with two attached hydrogens (primary N) is 1. The van der Waals surface area contributed by atoms with E-state index in [1.54, 1.807) is 0 Å². The molecule has 1 heterocycles. The lowest BCUT2D eigenvalue weighted by molar-refractivity contribution is -0.383. The Kier molecular flexibility index (Phi) is 3.37. The molecule has 0 aliphatic heterocycles. The van der Waals surface area contributed by atoms with Gasteiger partial charge in [-0.25, -0.2) is 23.1 Å². The second kappa shape index (κ2) is 4.99. The van der Waals surface area contributed by atoms with Gasteiger partial charge in [-0.3, -0.25) is 10.1 Å². The van der Waals surface area contributed by atoms with Crippen molar-refractivity contribution in [1.29, 1.82) is 0 Å². The van der Waals surface area contributed by atoms with E-state index in [9.17, 15) is 23.3 Å². The van der Waals surface area contributed by atoms with Crippen molar-refractivity contribution in [2.45, 2.75) is 0 Å². The van der Waals surface area contributed by atoms with E-state index in [0.717, 1.165) is 6.33 Å². The zero-order valence-corrected chi connectivity index (χ0v) is 9.60. The van der Waals surface area contributed by atoms with Gasteiger partial charge in [-0.1, -0.05) is 0 Å². The van der Waals surface area contributed by atoms with Gasteiger partial charge in [0.1, 0.15) is 12.1 Å². The minimum Gasteiger partial charge on any atom is -0.378 e. The number of benzene rings is 1. The van der Waals surface area contributed by atoms with Crippen LogP contribution in [-0.2, 0) is 0 Å². The first-order valence-electron chi connectivity index (χ1n) is 5.06. The molecular formula is C10H6F3N5O2. The lowest BCUT2D eigenvalue weighted by atomic mass is 10.2. The summed E-state index contributed by atoms with van der Waals surface area (Å²) in [6, 6.07) is 0.962. The van der Waals surface area contributed by atoms with E-state index in [-0.39, 0.29) is 0 Å². The van der Waals surface area contributed by atoms with Crippen LogP contribution in [0.1, 0.15) is 0 Å². The molecule has 0 radical (unpaired) electrons. The predicted molar refractivity (Wildman–Crippen MR) is 62.7 cm³/mol. The smallest absolute Gasteiger partial charge is 0.353 e. The Balaban J connectivity index is 2.51. The summed E-state index contributed by atoms with van der Waals surface area (Å²) in [7, 11) is 0. The molecule has 0 saturated heterocycles. The molecule has 2 rings (SSSR count). The maximum atomic E-state index is 13.5. The molecule has 0 amide bonds. The van der Waals surface area contributed by atoms with Crippen molar-refractivity contribution < 1.29 is 18.1 Å². The quantitative estimate of drug-likeness (QED) is 0.508. The number of nitro groups is 1. The van der Waals surface area contributed by atoms with Gasteiger partial charge in [0.25, 0.3) is 0 Å². The molecule has 10 heteroatoms. The molecule has 0 bridgehead atoms. The highest BCUT2D eigenvalue weighted by Crippen LogP contribution is 2.30. The molecule has 0 saturated carbocycles. The minimum atomic E-state index is -1.45. The third-order valence-corrected chi connectivity index (χ3v) is 2.28. The molecule has 0 aliphatic rings. The van der Waals surface area contributed by atoms with Gasteiger partial charge in [0.15, 0.2) is 11.6 Å². The number of hydrogen-bond donors (Lipinski definition) is 2. The van der Waals surface area contributed by atoms with Crippen LogP contribution in [-0.4, -0.2) is 14.9 Å². The Labute approximate surface area is 109 Å². The van der Waals surface area contributed by atoms with Crippen LogP contribution in [0.3, 0.4) is 0 Å². The predicted octanol–water partition coefficient (Wildman–Crippen LogP) is 2.13. The van der Waals surface area contributed by atoms with Crippen LogP contribution in [0.25, 0.3) is 0 Å². The van der Waals surface area contributed by atoms with Crippen LogP contribution in [0.4, 0.5) is 36.2 Å². The van der Waals surface area contributed by atoms with Gasteiger partial charge in [0.2, 0.25) is 11.6 Å². The maximum absolute atomic E-state index is 13.5. The van der Waals surface area contributed by atoms with Crippen molar-refractivity contribution in [3.05, 3.63) is 46.0 Å². The Morgan fingerprint density at radius 2 is 1.95 bits per heavy atom. The maximum Gasteiger partial charge on any atom is 0.353 e. The molecule has 20 heavy (non-hydrogen) atoms. The van der Waals surface area contributed by atoms with E-state index < -0.39 is 45.4 Å². The van der Waals surface area contributed by atoms with E-state index >= 15 is 0 Å². The molecule has 0 unspecified atom stereocenters. The van der Waals surface area contributed by atoms with Crippen LogP contribution < -0.4 is 11.1 Å². The third kappa shape index (κ3) is 2.43. The van der Waals surface area contributed by atoms with Crippen LogP contribution in [0, 0.1) is 27.6 Å². The van der Waals surface area contributed by atoms with Gasteiger partial charge < -0.3 is 11.1 Å². The zero-order chi connectivity index (χ0) is 14.9. The van der Waals surface area contributed by atoms with Gasteiger partial charge in [0, 0.05) is 12.1 Å². The second-order valence-electron chi connectivity index (χ2n) is 3.59. The topological polar surface area (TPSA) is 107 Å². The average Bonchev–Trinajstić information content (AvgIpc) is 2.35. The summed E-state index contributed by atoms with van der Waals surface area (Å²) in [5.74, 6) is -4.86. The first kappa shape index (κ1) is 13.5.